The third kappa shape index (κ3) is 2.81. The summed E-state index contributed by atoms with van der Waals surface area (Å²) in [6, 6.07) is 8.02. The smallest absolute Gasteiger partial charge is 0.227 e. The molecule has 1 amide bonds. The van der Waals surface area contributed by atoms with Gasteiger partial charge in [-0.1, -0.05) is 36.7 Å². The number of carbonyl (C=O) groups is 1. The highest BCUT2D eigenvalue weighted by Crippen LogP contribution is 2.22. The Bertz CT molecular complexity index is 405. The first kappa shape index (κ1) is 12.4. The third-order valence-corrected chi connectivity index (χ3v) is 3.84. The number of nitrogens with zero attached hydrogens (tertiary/aromatic N) is 1. The number of carbonyl (C=O) groups excluding carboxylic acids is 1. The van der Waals surface area contributed by atoms with Gasteiger partial charge in [0.1, 0.15) is 0 Å². The first-order valence-electron chi connectivity index (χ1n) is 6.25. The standard InChI is InChI=1S/C14H18ClNO/c1-2-12-7-5-9-16(12)14(17)10-11-6-3-4-8-13(11)15/h3-4,6,8,12H,2,5,7,9-10H2,1H3. The second-order valence-electron chi connectivity index (χ2n) is 4.56. The first-order valence-corrected chi connectivity index (χ1v) is 6.63. The van der Waals surface area contributed by atoms with Gasteiger partial charge in [0.2, 0.25) is 5.91 Å². The number of likely N-dealkylation sites (tertiary alicyclic amines) is 1. The maximum atomic E-state index is 12.2. The van der Waals surface area contributed by atoms with Crippen molar-refractivity contribution in [3.63, 3.8) is 0 Å². The van der Waals surface area contributed by atoms with Gasteiger partial charge in [0.15, 0.2) is 0 Å². The summed E-state index contributed by atoms with van der Waals surface area (Å²) in [5.74, 6) is 0.211. The topological polar surface area (TPSA) is 20.3 Å². The summed E-state index contributed by atoms with van der Waals surface area (Å²) in [5.41, 5.74) is 0.931. The molecule has 0 spiro atoms. The molecule has 1 aliphatic heterocycles. The molecular weight excluding hydrogens is 234 g/mol. The fourth-order valence-electron chi connectivity index (χ4n) is 2.49. The molecule has 92 valence electrons. The summed E-state index contributed by atoms with van der Waals surface area (Å²) in [6.45, 7) is 3.05. The number of benzene rings is 1. The van der Waals surface area contributed by atoms with E-state index in [1.165, 1.54) is 0 Å². The zero-order valence-electron chi connectivity index (χ0n) is 10.2. The molecule has 1 saturated heterocycles. The van der Waals surface area contributed by atoms with E-state index >= 15 is 0 Å². The highest BCUT2D eigenvalue weighted by Gasteiger charge is 2.27. The van der Waals surface area contributed by atoms with Crippen LogP contribution < -0.4 is 0 Å². The van der Waals surface area contributed by atoms with Crippen molar-refractivity contribution in [2.45, 2.75) is 38.6 Å². The maximum absolute atomic E-state index is 12.2. The quantitative estimate of drug-likeness (QED) is 0.807. The largest absolute Gasteiger partial charge is 0.339 e. The van der Waals surface area contributed by atoms with Crippen LogP contribution in [0.1, 0.15) is 31.7 Å². The van der Waals surface area contributed by atoms with Gasteiger partial charge in [-0.25, -0.2) is 0 Å². The predicted octanol–water partition coefficient (Wildman–Crippen LogP) is 3.28. The minimum absolute atomic E-state index is 0.211. The molecule has 0 N–H and O–H groups in total. The van der Waals surface area contributed by atoms with Crippen molar-refractivity contribution < 1.29 is 4.79 Å². The lowest BCUT2D eigenvalue weighted by Crippen LogP contribution is -2.36. The van der Waals surface area contributed by atoms with Crippen molar-refractivity contribution in [2.24, 2.45) is 0 Å². The predicted molar refractivity (Wildman–Crippen MR) is 70.2 cm³/mol. The van der Waals surface area contributed by atoms with Crippen molar-refractivity contribution in [1.82, 2.24) is 4.90 Å². The molecule has 1 atom stereocenters. The highest BCUT2D eigenvalue weighted by molar-refractivity contribution is 6.31. The number of rotatable bonds is 3. The van der Waals surface area contributed by atoms with Gasteiger partial charge < -0.3 is 4.90 Å². The lowest BCUT2D eigenvalue weighted by molar-refractivity contribution is -0.131. The molecule has 1 unspecified atom stereocenters. The average molecular weight is 252 g/mol. The number of hydrogen-bond acceptors (Lipinski definition) is 1. The molecule has 0 aliphatic carbocycles. The number of hydrogen-bond donors (Lipinski definition) is 0. The molecular formula is C14H18ClNO. The van der Waals surface area contributed by atoms with Crippen molar-refractivity contribution in [3.8, 4) is 0 Å². The maximum Gasteiger partial charge on any atom is 0.227 e. The fourth-order valence-corrected chi connectivity index (χ4v) is 2.70. The molecule has 1 fully saturated rings. The molecule has 17 heavy (non-hydrogen) atoms. The minimum atomic E-state index is 0.211. The Kier molecular flexibility index (Phi) is 4.06. The van der Waals surface area contributed by atoms with Crippen LogP contribution in [0.5, 0.6) is 0 Å². The second kappa shape index (κ2) is 5.54. The second-order valence-corrected chi connectivity index (χ2v) is 4.97. The lowest BCUT2D eigenvalue weighted by Gasteiger charge is -2.23. The molecule has 0 saturated carbocycles. The van der Waals surface area contributed by atoms with Gasteiger partial charge >= 0.3 is 0 Å². The molecule has 2 rings (SSSR count). The van der Waals surface area contributed by atoms with Crippen LogP contribution in [0, 0.1) is 0 Å². The van der Waals surface area contributed by atoms with Crippen molar-refractivity contribution >= 4 is 17.5 Å². The molecule has 1 aliphatic rings. The Balaban J connectivity index is 2.04. The van der Waals surface area contributed by atoms with Gasteiger partial charge in [-0.05, 0) is 30.9 Å². The Morgan fingerprint density at radius 2 is 2.24 bits per heavy atom. The third-order valence-electron chi connectivity index (χ3n) is 3.47. The Morgan fingerprint density at radius 3 is 2.94 bits per heavy atom. The van der Waals surface area contributed by atoms with Gasteiger partial charge in [0, 0.05) is 17.6 Å². The fraction of sp³-hybridized carbons (Fsp3) is 0.500. The summed E-state index contributed by atoms with van der Waals surface area (Å²) in [6.07, 6.45) is 3.75. The van der Waals surface area contributed by atoms with Gasteiger partial charge in [-0.15, -0.1) is 0 Å². The monoisotopic (exact) mass is 251 g/mol. The van der Waals surface area contributed by atoms with Crippen LogP contribution in [0.3, 0.4) is 0 Å². The molecule has 2 nitrogen and oxygen atoms in total. The minimum Gasteiger partial charge on any atom is -0.339 e. The SMILES string of the molecule is CCC1CCCN1C(=O)Cc1ccccc1Cl. The van der Waals surface area contributed by atoms with Gasteiger partial charge in [-0.2, -0.15) is 0 Å². The van der Waals surface area contributed by atoms with Crippen LogP contribution in [-0.2, 0) is 11.2 Å². The molecule has 1 aromatic carbocycles. The van der Waals surface area contributed by atoms with Crippen LogP contribution in [0.25, 0.3) is 0 Å². The Labute approximate surface area is 108 Å². The van der Waals surface area contributed by atoms with E-state index in [4.69, 9.17) is 11.6 Å². The normalized spacial score (nSPS) is 19.6. The summed E-state index contributed by atoms with van der Waals surface area (Å²) in [5, 5.41) is 0.688. The van der Waals surface area contributed by atoms with E-state index in [0.717, 1.165) is 31.4 Å². The zero-order chi connectivity index (χ0) is 12.3. The average Bonchev–Trinajstić information content (AvgIpc) is 2.80. The summed E-state index contributed by atoms with van der Waals surface area (Å²) in [4.78, 5) is 14.2. The van der Waals surface area contributed by atoms with E-state index in [-0.39, 0.29) is 5.91 Å². The lowest BCUT2D eigenvalue weighted by atomic mass is 10.1. The first-order chi connectivity index (χ1) is 8.22. The Morgan fingerprint density at radius 1 is 1.47 bits per heavy atom. The van der Waals surface area contributed by atoms with Crippen molar-refractivity contribution in [3.05, 3.63) is 34.9 Å². The van der Waals surface area contributed by atoms with E-state index in [1.807, 2.05) is 29.2 Å². The molecule has 0 aromatic heterocycles. The van der Waals surface area contributed by atoms with Gasteiger partial charge in [-0.3, -0.25) is 4.79 Å². The summed E-state index contributed by atoms with van der Waals surface area (Å²) >= 11 is 6.07. The van der Waals surface area contributed by atoms with Crippen LogP contribution >= 0.6 is 11.6 Å². The molecule has 1 heterocycles. The van der Waals surface area contributed by atoms with Crippen LogP contribution in [0.2, 0.25) is 5.02 Å². The highest BCUT2D eigenvalue weighted by atomic mass is 35.5. The zero-order valence-corrected chi connectivity index (χ0v) is 10.9. The van der Waals surface area contributed by atoms with Crippen LogP contribution in [0.4, 0.5) is 0 Å². The van der Waals surface area contributed by atoms with Gasteiger partial charge in [0.25, 0.3) is 0 Å². The van der Waals surface area contributed by atoms with Crippen molar-refractivity contribution in [2.75, 3.05) is 6.54 Å². The van der Waals surface area contributed by atoms with E-state index in [1.54, 1.807) is 0 Å². The number of amides is 1. The van der Waals surface area contributed by atoms with E-state index in [2.05, 4.69) is 6.92 Å². The van der Waals surface area contributed by atoms with Crippen LogP contribution in [-0.4, -0.2) is 23.4 Å². The van der Waals surface area contributed by atoms with Gasteiger partial charge in [0.05, 0.1) is 6.42 Å². The molecule has 1 aromatic rings. The van der Waals surface area contributed by atoms with E-state index in [0.29, 0.717) is 17.5 Å². The number of halogens is 1. The van der Waals surface area contributed by atoms with Crippen molar-refractivity contribution in [1.29, 1.82) is 0 Å². The Hall–Kier alpha value is -1.02. The molecule has 3 heteroatoms. The van der Waals surface area contributed by atoms with Crippen LogP contribution in [0.15, 0.2) is 24.3 Å². The molecule has 0 bridgehead atoms. The molecule has 0 radical (unpaired) electrons. The van der Waals surface area contributed by atoms with E-state index in [9.17, 15) is 4.79 Å². The summed E-state index contributed by atoms with van der Waals surface area (Å²) in [7, 11) is 0. The van der Waals surface area contributed by atoms with E-state index < -0.39 is 0 Å². The summed E-state index contributed by atoms with van der Waals surface area (Å²) < 4.78 is 0.